The van der Waals surface area contributed by atoms with Crippen molar-refractivity contribution < 1.29 is 4.79 Å². The summed E-state index contributed by atoms with van der Waals surface area (Å²) in [6.45, 7) is 0. The largest absolute Gasteiger partial charge is 0.298 e. The first-order valence-corrected chi connectivity index (χ1v) is 8.73. The molecule has 0 unspecified atom stereocenters. The Morgan fingerprint density at radius 2 is 1.19 bits per heavy atom. The van der Waals surface area contributed by atoms with Crippen LogP contribution in [0.25, 0.3) is 43.4 Å². The average molecular weight is 332 g/mol. The summed E-state index contributed by atoms with van der Waals surface area (Å²) in [6, 6.07) is 31.6. The molecule has 0 heterocycles. The molecule has 0 saturated carbocycles. The second-order valence-corrected chi connectivity index (χ2v) is 6.67. The zero-order valence-corrected chi connectivity index (χ0v) is 14.1. The number of rotatable bonds is 2. The average Bonchev–Trinajstić information content (AvgIpc) is 2.70. The van der Waals surface area contributed by atoms with Crippen LogP contribution < -0.4 is 0 Å². The third-order valence-electron chi connectivity index (χ3n) is 5.04. The third-order valence-corrected chi connectivity index (χ3v) is 5.04. The molecule has 1 heteroatoms. The van der Waals surface area contributed by atoms with Gasteiger partial charge in [0.25, 0.3) is 0 Å². The molecule has 0 amide bonds. The number of carbonyl (C=O) groups is 1. The van der Waals surface area contributed by atoms with Crippen LogP contribution in [0.1, 0.15) is 10.4 Å². The fourth-order valence-corrected chi connectivity index (χ4v) is 3.75. The Bertz CT molecular complexity index is 1300. The van der Waals surface area contributed by atoms with Crippen molar-refractivity contribution in [2.45, 2.75) is 0 Å². The van der Waals surface area contributed by atoms with Crippen LogP contribution in [0.3, 0.4) is 0 Å². The predicted molar refractivity (Wildman–Crippen MR) is 110 cm³/mol. The monoisotopic (exact) mass is 332 g/mol. The van der Waals surface area contributed by atoms with E-state index in [4.69, 9.17) is 0 Å². The number of carbonyl (C=O) groups excluding carboxylic acids is 1. The summed E-state index contributed by atoms with van der Waals surface area (Å²) in [5, 5.41) is 7.40. The molecule has 0 aliphatic rings. The lowest BCUT2D eigenvalue weighted by atomic mass is 9.94. The quantitative estimate of drug-likeness (QED) is 0.262. The molecule has 0 N–H and O–H groups in total. The number of benzene rings is 5. The van der Waals surface area contributed by atoms with Gasteiger partial charge in [0.2, 0.25) is 0 Å². The highest BCUT2D eigenvalue weighted by atomic mass is 16.1. The Balaban J connectivity index is 1.83. The molecule has 0 spiro atoms. The lowest BCUT2D eigenvalue weighted by Crippen LogP contribution is -1.85. The second-order valence-electron chi connectivity index (χ2n) is 6.67. The first-order valence-electron chi connectivity index (χ1n) is 8.73. The summed E-state index contributed by atoms with van der Waals surface area (Å²) in [6.07, 6.45) is 0.899. The Hall–Kier alpha value is -3.45. The van der Waals surface area contributed by atoms with Crippen molar-refractivity contribution in [3.8, 4) is 11.1 Å². The lowest BCUT2D eigenvalue weighted by Gasteiger charge is -2.10. The van der Waals surface area contributed by atoms with Gasteiger partial charge in [-0.2, -0.15) is 0 Å². The van der Waals surface area contributed by atoms with E-state index in [2.05, 4.69) is 72.8 Å². The summed E-state index contributed by atoms with van der Waals surface area (Å²) in [5.41, 5.74) is 2.92. The molecular weight excluding hydrogens is 316 g/mol. The van der Waals surface area contributed by atoms with Crippen LogP contribution in [0, 0.1) is 0 Å². The van der Waals surface area contributed by atoms with Gasteiger partial charge >= 0.3 is 0 Å². The smallest absolute Gasteiger partial charge is 0.150 e. The van der Waals surface area contributed by atoms with Gasteiger partial charge in [0.05, 0.1) is 0 Å². The molecule has 5 aromatic rings. The molecule has 0 aromatic heterocycles. The van der Waals surface area contributed by atoms with Crippen molar-refractivity contribution in [1.82, 2.24) is 0 Å². The SMILES string of the molecule is O=Cc1cccc(-c2cccc3cc4cc5ccccc5cc4cc23)c1. The molecule has 0 radical (unpaired) electrons. The van der Waals surface area contributed by atoms with Crippen LogP contribution in [-0.4, -0.2) is 6.29 Å². The zero-order chi connectivity index (χ0) is 17.5. The van der Waals surface area contributed by atoms with Gasteiger partial charge in [0, 0.05) is 5.56 Å². The Kier molecular flexibility index (Phi) is 3.32. The van der Waals surface area contributed by atoms with Crippen LogP contribution in [0.2, 0.25) is 0 Å². The lowest BCUT2D eigenvalue weighted by molar-refractivity contribution is 0.112. The standard InChI is InChI=1S/C25H16O/c26-16-17-5-3-8-20(11-17)24-10-4-9-21-14-22-12-18-6-1-2-7-19(18)13-23(22)15-25(21)24/h1-16H. The highest BCUT2D eigenvalue weighted by Gasteiger charge is 2.07. The zero-order valence-electron chi connectivity index (χ0n) is 14.1. The molecule has 5 aromatic carbocycles. The van der Waals surface area contributed by atoms with E-state index in [9.17, 15) is 4.79 Å². The van der Waals surface area contributed by atoms with Crippen LogP contribution in [0.5, 0.6) is 0 Å². The van der Waals surface area contributed by atoms with Gasteiger partial charge in [-0.05, 0) is 73.8 Å². The molecule has 0 aliphatic heterocycles. The third kappa shape index (κ3) is 2.37. The number of hydrogen-bond acceptors (Lipinski definition) is 1. The molecular formula is C25H16O. The van der Waals surface area contributed by atoms with Crippen molar-refractivity contribution in [1.29, 1.82) is 0 Å². The van der Waals surface area contributed by atoms with Crippen LogP contribution in [0.4, 0.5) is 0 Å². The van der Waals surface area contributed by atoms with Crippen molar-refractivity contribution in [3.63, 3.8) is 0 Å². The summed E-state index contributed by atoms with van der Waals surface area (Å²) >= 11 is 0. The van der Waals surface area contributed by atoms with Crippen molar-refractivity contribution in [2.24, 2.45) is 0 Å². The summed E-state index contributed by atoms with van der Waals surface area (Å²) in [5.74, 6) is 0. The van der Waals surface area contributed by atoms with E-state index in [0.29, 0.717) is 5.56 Å². The second kappa shape index (κ2) is 5.82. The minimum atomic E-state index is 0.700. The minimum Gasteiger partial charge on any atom is -0.298 e. The molecule has 0 fully saturated rings. The summed E-state index contributed by atoms with van der Waals surface area (Å²) < 4.78 is 0. The van der Waals surface area contributed by atoms with E-state index in [1.54, 1.807) is 0 Å². The predicted octanol–water partition coefficient (Wildman–Crippen LogP) is 6.63. The molecule has 122 valence electrons. The van der Waals surface area contributed by atoms with Crippen LogP contribution in [0.15, 0.2) is 91.0 Å². The molecule has 0 atom stereocenters. The maximum atomic E-state index is 11.2. The van der Waals surface area contributed by atoms with Gasteiger partial charge < -0.3 is 0 Å². The Morgan fingerprint density at radius 1 is 0.538 bits per heavy atom. The van der Waals surface area contributed by atoms with Crippen molar-refractivity contribution in [2.75, 3.05) is 0 Å². The molecule has 1 nitrogen and oxygen atoms in total. The summed E-state index contributed by atoms with van der Waals surface area (Å²) in [4.78, 5) is 11.2. The van der Waals surface area contributed by atoms with E-state index >= 15 is 0 Å². The first-order chi connectivity index (χ1) is 12.8. The van der Waals surface area contributed by atoms with Gasteiger partial charge in [-0.3, -0.25) is 4.79 Å². The van der Waals surface area contributed by atoms with Gasteiger partial charge in [-0.15, -0.1) is 0 Å². The van der Waals surface area contributed by atoms with Crippen molar-refractivity contribution >= 4 is 38.6 Å². The van der Waals surface area contributed by atoms with Gasteiger partial charge in [-0.1, -0.05) is 60.7 Å². The van der Waals surface area contributed by atoms with Gasteiger partial charge in [0.15, 0.2) is 0 Å². The number of aldehydes is 1. The van der Waals surface area contributed by atoms with Gasteiger partial charge in [-0.25, -0.2) is 0 Å². The topological polar surface area (TPSA) is 17.1 Å². The molecule has 5 rings (SSSR count). The highest BCUT2D eigenvalue weighted by molar-refractivity contribution is 6.08. The molecule has 26 heavy (non-hydrogen) atoms. The fraction of sp³-hybridized carbons (Fsp3) is 0. The van der Waals surface area contributed by atoms with Gasteiger partial charge in [0.1, 0.15) is 6.29 Å². The normalized spacial score (nSPS) is 11.2. The van der Waals surface area contributed by atoms with E-state index in [-0.39, 0.29) is 0 Å². The van der Waals surface area contributed by atoms with E-state index in [1.807, 2.05) is 18.2 Å². The fourth-order valence-electron chi connectivity index (χ4n) is 3.75. The molecule has 0 aliphatic carbocycles. The van der Waals surface area contributed by atoms with Crippen LogP contribution >= 0.6 is 0 Å². The Labute approximate surface area is 151 Å². The summed E-state index contributed by atoms with van der Waals surface area (Å²) in [7, 11) is 0. The first kappa shape index (κ1) is 14.9. The van der Waals surface area contributed by atoms with E-state index < -0.39 is 0 Å². The molecule has 0 saturated heterocycles. The highest BCUT2D eigenvalue weighted by Crippen LogP contribution is 2.33. The Morgan fingerprint density at radius 3 is 1.96 bits per heavy atom. The molecule has 0 bridgehead atoms. The van der Waals surface area contributed by atoms with Crippen molar-refractivity contribution in [3.05, 3.63) is 96.6 Å². The maximum Gasteiger partial charge on any atom is 0.150 e. The van der Waals surface area contributed by atoms with E-state index in [1.165, 1.54) is 32.3 Å². The maximum absolute atomic E-state index is 11.2. The minimum absolute atomic E-state index is 0.700. The van der Waals surface area contributed by atoms with E-state index in [0.717, 1.165) is 17.4 Å². The van der Waals surface area contributed by atoms with Crippen LogP contribution in [-0.2, 0) is 0 Å². The number of fused-ring (bicyclic) bond motifs is 3. The number of hydrogen-bond donors (Lipinski definition) is 0.